The van der Waals surface area contributed by atoms with E-state index in [1.807, 2.05) is 0 Å². The van der Waals surface area contributed by atoms with Crippen molar-refractivity contribution in [1.29, 1.82) is 0 Å². The fourth-order valence-electron chi connectivity index (χ4n) is 16.5. The number of nitrogens with zero attached hydrogens (tertiary/aromatic N) is 4. The molecule has 76 heavy (non-hydrogen) atoms. The van der Waals surface area contributed by atoms with Crippen LogP contribution in [0.1, 0.15) is 0 Å². The molecule has 0 saturated carbocycles. The van der Waals surface area contributed by atoms with Gasteiger partial charge in [0.25, 0.3) is 0 Å². The summed E-state index contributed by atoms with van der Waals surface area (Å²) in [6, 6.07) is 84.1. The first-order valence-electron chi connectivity index (χ1n) is 26.8. The van der Waals surface area contributed by atoms with Crippen LogP contribution in [-0.2, 0) is 0 Å². The molecule has 13 aromatic carbocycles. The van der Waals surface area contributed by atoms with E-state index in [0.29, 0.717) is 0 Å². The maximum Gasteiger partial charge on any atom is 0.333 e. The zero-order valence-corrected chi connectivity index (χ0v) is 40.7. The summed E-state index contributed by atoms with van der Waals surface area (Å²) in [6.45, 7) is -0.245. The summed E-state index contributed by atoms with van der Waals surface area (Å²) < 4.78 is 10.9. The van der Waals surface area contributed by atoms with Crippen molar-refractivity contribution in [3.8, 4) is 33.6 Å². The summed E-state index contributed by atoms with van der Waals surface area (Å²) in [7, 11) is 0. The molecule has 4 nitrogen and oxygen atoms in total. The van der Waals surface area contributed by atoms with Crippen LogP contribution in [0.2, 0.25) is 0 Å². The van der Waals surface area contributed by atoms with E-state index in [-0.39, 0.29) is 13.7 Å². The zero-order chi connectivity index (χ0) is 48.5. The molecule has 0 saturated heterocycles. The monoisotopic (exact) mass is 954 g/mol. The molecule has 0 amide bonds. The van der Waals surface area contributed by atoms with Gasteiger partial charge in [-0.25, -0.2) is 0 Å². The van der Waals surface area contributed by atoms with Gasteiger partial charge >= 0.3 is 13.7 Å². The van der Waals surface area contributed by atoms with Crippen LogP contribution >= 0.6 is 0 Å². The van der Waals surface area contributed by atoms with Crippen LogP contribution in [0.15, 0.2) is 218 Å². The number of rotatable bonds is 0. The Balaban J connectivity index is 1.04. The number of hydrogen-bond donors (Lipinski definition) is 0. The van der Waals surface area contributed by atoms with Crippen LogP contribution in [0.4, 0.5) is 0 Å². The number of hydrogen-bond acceptors (Lipinski definition) is 0. The van der Waals surface area contributed by atoms with Crippen LogP contribution in [0.3, 0.4) is 0 Å². The zero-order valence-electron chi connectivity index (χ0n) is 40.7. The number of fused-ring (bicyclic) bond motifs is 32. The van der Waals surface area contributed by atoms with Crippen LogP contribution < -0.4 is 21.9 Å². The minimum absolute atomic E-state index is 0.122. The van der Waals surface area contributed by atoms with Gasteiger partial charge in [0.2, 0.25) is 0 Å². The molecule has 4 aromatic heterocycles. The second-order valence-corrected chi connectivity index (χ2v) is 22.1. The first-order valence-corrected chi connectivity index (χ1v) is 26.8. The van der Waals surface area contributed by atoms with Crippen LogP contribution in [0, 0.1) is 0 Å². The minimum atomic E-state index is -0.122. The third kappa shape index (κ3) is 3.97. The number of benzene rings is 13. The molecule has 4 aliphatic rings. The summed E-state index contributed by atoms with van der Waals surface area (Å²) in [5.41, 5.74) is 23.6. The normalized spacial score (nSPS) is 13.7. The van der Waals surface area contributed by atoms with E-state index >= 15 is 0 Å². The van der Waals surface area contributed by atoms with Crippen LogP contribution in [-0.4, -0.2) is 31.8 Å². The second-order valence-electron chi connectivity index (χ2n) is 22.1. The Kier molecular flexibility index (Phi) is 6.28. The maximum absolute atomic E-state index is 2.76. The average Bonchev–Trinajstić information content (AvgIpc) is 4.41. The SMILES string of the molecule is c1ccc2c(c1)ccc1c2c2c3ccccc3c3c4c2n1-c1cc2c(cc1B4n1c4ccccc4c4cccc-3c41)B1c3c(c4ccccc4c4c5c6ccccc6ccc5n-2c34)-c2cccc3c4ccccc4n1c23. The maximum atomic E-state index is 2.76. The van der Waals surface area contributed by atoms with E-state index in [4.69, 9.17) is 0 Å². The Morgan fingerprint density at radius 2 is 0.658 bits per heavy atom. The Bertz CT molecular complexity index is 5400. The van der Waals surface area contributed by atoms with Crippen molar-refractivity contribution in [2.24, 2.45) is 0 Å². The van der Waals surface area contributed by atoms with Crippen molar-refractivity contribution in [1.82, 2.24) is 18.1 Å². The Labute approximate surface area is 433 Å². The number of para-hydroxylation sites is 4. The molecular formula is C70H36B2N4. The van der Waals surface area contributed by atoms with Crippen molar-refractivity contribution in [2.75, 3.05) is 0 Å². The van der Waals surface area contributed by atoms with Gasteiger partial charge in [-0.05, 0) is 106 Å². The molecule has 0 fully saturated rings. The molecular weight excluding hydrogens is 918 g/mol. The van der Waals surface area contributed by atoms with Gasteiger partial charge in [-0.2, -0.15) is 0 Å². The predicted octanol–water partition coefficient (Wildman–Crippen LogP) is 14.6. The lowest BCUT2D eigenvalue weighted by Crippen LogP contribution is -2.60. The third-order valence-electron chi connectivity index (χ3n) is 19.0. The fourth-order valence-corrected chi connectivity index (χ4v) is 16.5. The van der Waals surface area contributed by atoms with Gasteiger partial charge in [0.15, 0.2) is 0 Å². The van der Waals surface area contributed by atoms with Gasteiger partial charge in [0.05, 0.1) is 22.1 Å². The molecule has 0 radical (unpaired) electrons. The topological polar surface area (TPSA) is 19.7 Å². The molecule has 342 valence electrons. The van der Waals surface area contributed by atoms with E-state index in [1.54, 1.807) is 0 Å². The van der Waals surface area contributed by atoms with Gasteiger partial charge in [0, 0.05) is 87.7 Å². The molecule has 0 aliphatic carbocycles. The standard InChI is InChI=1S/C70H36B2N4/c1-3-17-39-37(15-1)31-33-55-61(39)63-45-23-7-5-21-43(45)59-49-27-13-25-47-41-19-9-11-29-53(41)75(67(47)49)71-51-35-52-58(36-57(51)73(55)69(63)65(59)71)74-56-34-32-38-16-2-4-18-40(38)62(56)64-46-24-8-6-22-44(46)60-50-28-14-26-48-42-20-10-12-30-54(42)76(68(48)50)72(52)66(60)70(64)74/h1-36H. The predicted molar refractivity (Wildman–Crippen MR) is 323 cm³/mol. The molecule has 0 bridgehead atoms. The lowest BCUT2D eigenvalue weighted by Gasteiger charge is -2.38. The van der Waals surface area contributed by atoms with E-state index in [1.165, 1.54) is 186 Å². The minimum Gasteiger partial charge on any atom is -0.375 e. The third-order valence-corrected chi connectivity index (χ3v) is 19.0. The summed E-state index contributed by atoms with van der Waals surface area (Å²) in [5.74, 6) is 0. The highest BCUT2D eigenvalue weighted by Gasteiger charge is 2.47. The molecule has 17 aromatic rings. The fraction of sp³-hybridized carbons (Fsp3) is 0. The first-order chi connectivity index (χ1) is 37.8. The molecule has 0 spiro atoms. The lowest BCUT2D eigenvalue weighted by molar-refractivity contribution is 1.14. The van der Waals surface area contributed by atoms with Gasteiger partial charge < -0.3 is 18.1 Å². The highest BCUT2D eigenvalue weighted by Crippen LogP contribution is 2.52. The lowest BCUT2D eigenvalue weighted by atomic mass is 9.41. The molecule has 0 N–H and O–H groups in total. The summed E-state index contributed by atoms with van der Waals surface area (Å²) in [5, 5.41) is 20.9. The van der Waals surface area contributed by atoms with Gasteiger partial charge in [0.1, 0.15) is 0 Å². The largest absolute Gasteiger partial charge is 0.375 e. The molecule has 21 rings (SSSR count). The van der Waals surface area contributed by atoms with Gasteiger partial charge in [-0.15, -0.1) is 0 Å². The molecule has 4 aliphatic heterocycles. The van der Waals surface area contributed by atoms with Crippen molar-refractivity contribution in [2.45, 2.75) is 0 Å². The Morgan fingerprint density at radius 3 is 1.13 bits per heavy atom. The summed E-state index contributed by atoms with van der Waals surface area (Å²) >= 11 is 0. The van der Waals surface area contributed by atoms with Gasteiger partial charge in [-0.1, -0.05) is 188 Å². The van der Waals surface area contributed by atoms with Crippen molar-refractivity contribution in [3.05, 3.63) is 218 Å². The van der Waals surface area contributed by atoms with Gasteiger partial charge in [-0.3, -0.25) is 0 Å². The average molecular weight is 955 g/mol. The van der Waals surface area contributed by atoms with E-state index in [2.05, 4.69) is 236 Å². The van der Waals surface area contributed by atoms with Crippen LogP contribution in [0.5, 0.6) is 0 Å². The summed E-state index contributed by atoms with van der Waals surface area (Å²) in [4.78, 5) is 0. The molecule has 0 unspecified atom stereocenters. The van der Waals surface area contributed by atoms with Crippen molar-refractivity contribution >= 4 is 166 Å². The number of aromatic nitrogens is 4. The summed E-state index contributed by atoms with van der Waals surface area (Å²) in [6.07, 6.45) is 0. The first kappa shape index (κ1) is 37.9. The van der Waals surface area contributed by atoms with E-state index < -0.39 is 0 Å². The second kappa shape index (κ2) is 12.6. The molecule has 8 heterocycles. The van der Waals surface area contributed by atoms with E-state index in [9.17, 15) is 0 Å². The Hall–Kier alpha value is -9.77. The molecule has 6 heteroatoms. The highest BCUT2D eigenvalue weighted by molar-refractivity contribution is 6.94. The molecule has 0 atom stereocenters. The Morgan fingerprint density at radius 1 is 0.263 bits per heavy atom. The van der Waals surface area contributed by atoms with Crippen LogP contribution in [0.25, 0.3) is 164 Å². The van der Waals surface area contributed by atoms with E-state index in [0.717, 1.165) is 0 Å². The van der Waals surface area contributed by atoms with Crippen molar-refractivity contribution < 1.29 is 0 Å². The quantitative estimate of drug-likeness (QED) is 0.135. The van der Waals surface area contributed by atoms with Crippen molar-refractivity contribution in [3.63, 3.8) is 0 Å². The highest BCUT2D eigenvalue weighted by atomic mass is 15.1. The smallest absolute Gasteiger partial charge is 0.333 e.